The third-order valence-electron chi connectivity index (χ3n) is 6.34. The summed E-state index contributed by atoms with van der Waals surface area (Å²) in [5.74, 6) is 1.15. The molecule has 5 heteroatoms. The van der Waals surface area contributed by atoms with Gasteiger partial charge in [-0.15, -0.1) is 0 Å². The largest absolute Gasteiger partial charge is 0.379 e. The van der Waals surface area contributed by atoms with Crippen molar-refractivity contribution in [3.05, 3.63) is 0 Å². The van der Waals surface area contributed by atoms with Crippen molar-refractivity contribution in [1.29, 1.82) is 0 Å². The molecule has 0 radical (unpaired) electrons. The third kappa shape index (κ3) is 4.23. The highest BCUT2D eigenvalue weighted by Gasteiger charge is 2.33. The second-order valence-corrected chi connectivity index (χ2v) is 7.77. The van der Waals surface area contributed by atoms with Gasteiger partial charge in [0, 0.05) is 45.3 Å². The van der Waals surface area contributed by atoms with Gasteiger partial charge in [-0.2, -0.15) is 0 Å². The van der Waals surface area contributed by atoms with Crippen LogP contribution in [0.3, 0.4) is 0 Å². The zero-order valence-electron chi connectivity index (χ0n) is 15.7. The summed E-state index contributed by atoms with van der Waals surface area (Å²) in [5, 5.41) is 3.55. The minimum Gasteiger partial charge on any atom is -0.379 e. The number of aliphatic imine (C=N–C) groups is 1. The Morgan fingerprint density at radius 1 is 1.17 bits per heavy atom. The van der Waals surface area contributed by atoms with Crippen LogP contribution in [0.1, 0.15) is 52.4 Å². The predicted molar refractivity (Wildman–Crippen MR) is 99.5 cm³/mol. The lowest BCUT2D eigenvalue weighted by atomic mass is 9.84. The van der Waals surface area contributed by atoms with E-state index in [9.17, 15) is 0 Å². The van der Waals surface area contributed by atoms with E-state index in [2.05, 4.69) is 29.0 Å². The third-order valence-corrected chi connectivity index (χ3v) is 6.34. The van der Waals surface area contributed by atoms with Crippen LogP contribution in [-0.4, -0.2) is 74.3 Å². The minimum absolute atomic E-state index is 0.476. The fourth-order valence-corrected chi connectivity index (χ4v) is 4.59. The number of ether oxygens (including phenoxy) is 1. The first kappa shape index (κ1) is 18.0. The lowest BCUT2D eigenvalue weighted by molar-refractivity contribution is 0.0195. The highest BCUT2D eigenvalue weighted by Crippen LogP contribution is 2.41. The molecule has 3 fully saturated rings. The summed E-state index contributed by atoms with van der Waals surface area (Å²) in [6.07, 6.45) is 8.03. The zero-order valence-corrected chi connectivity index (χ0v) is 15.7. The van der Waals surface area contributed by atoms with E-state index in [0.717, 1.165) is 58.4 Å². The molecular weight excluding hydrogens is 300 g/mol. The van der Waals surface area contributed by atoms with Crippen molar-refractivity contribution in [2.24, 2.45) is 10.4 Å². The molecule has 1 atom stereocenters. The second-order valence-electron chi connectivity index (χ2n) is 7.77. The summed E-state index contributed by atoms with van der Waals surface area (Å²) in [6, 6.07) is 0.671. The van der Waals surface area contributed by atoms with E-state index in [1.807, 2.05) is 0 Å². The number of hydrogen-bond donors (Lipinski definition) is 1. The van der Waals surface area contributed by atoms with E-state index in [-0.39, 0.29) is 0 Å². The number of rotatable bonds is 5. The molecule has 2 aliphatic heterocycles. The van der Waals surface area contributed by atoms with Crippen molar-refractivity contribution in [3.63, 3.8) is 0 Å². The van der Waals surface area contributed by atoms with Crippen LogP contribution in [0, 0.1) is 5.41 Å². The molecule has 3 aliphatic rings. The summed E-state index contributed by atoms with van der Waals surface area (Å²) >= 11 is 0. The van der Waals surface area contributed by atoms with Gasteiger partial charge in [-0.1, -0.05) is 19.8 Å². The van der Waals surface area contributed by atoms with Gasteiger partial charge < -0.3 is 15.0 Å². The van der Waals surface area contributed by atoms with Crippen molar-refractivity contribution in [2.75, 3.05) is 52.5 Å². The predicted octanol–water partition coefficient (Wildman–Crippen LogP) is 2.33. The Morgan fingerprint density at radius 3 is 2.58 bits per heavy atom. The number of hydrogen-bond acceptors (Lipinski definition) is 3. The van der Waals surface area contributed by atoms with E-state index in [0.29, 0.717) is 11.5 Å². The lowest BCUT2D eigenvalue weighted by Gasteiger charge is -2.32. The molecule has 0 spiro atoms. The van der Waals surface area contributed by atoms with E-state index >= 15 is 0 Å². The van der Waals surface area contributed by atoms with Gasteiger partial charge >= 0.3 is 0 Å². The normalized spacial score (nSPS) is 28.5. The molecule has 0 aromatic rings. The van der Waals surface area contributed by atoms with E-state index in [1.54, 1.807) is 0 Å². The van der Waals surface area contributed by atoms with Crippen molar-refractivity contribution >= 4 is 5.96 Å². The molecule has 1 saturated carbocycles. The Balaban J connectivity index is 1.59. The van der Waals surface area contributed by atoms with Gasteiger partial charge in [0.15, 0.2) is 5.96 Å². The molecule has 24 heavy (non-hydrogen) atoms. The lowest BCUT2D eigenvalue weighted by Crippen LogP contribution is -2.47. The van der Waals surface area contributed by atoms with Crippen LogP contribution in [0.15, 0.2) is 4.99 Å². The van der Waals surface area contributed by atoms with Gasteiger partial charge in [0.25, 0.3) is 0 Å². The van der Waals surface area contributed by atoms with Gasteiger partial charge in [-0.05, 0) is 38.0 Å². The van der Waals surface area contributed by atoms with E-state index in [1.165, 1.54) is 38.5 Å². The molecule has 1 N–H and O–H groups in total. The Hall–Kier alpha value is -0.810. The van der Waals surface area contributed by atoms with Crippen molar-refractivity contribution in [3.8, 4) is 0 Å². The monoisotopic (exact) mass is 336 g/mol. The number of nitrogens with one attached hydrogen (secondary N) is 1. The first-order valence-corrected chi connectivity index (χ1v) is 10.1. The Kier molecular flexibility index (Phi) is 6.39. The Labute approximate surface area is 147 Å². The fourth-order valence-electron chi connectivity index (χ4n) is 4.59. The van der Waals surface area contributed by atoms with Crippen molar-refractivity contribution in [1.82, 2.24) is 15.1 Å². The molecule has 138 valence electrons. The first-order valence-electron chi connectivity index (χ1n) is 10.1. The molecule has 5 nitrogen and oxygen atoms in total. The molecule has 3 rings (SSSR count). The highest BCUT2D eigenvalue weighted by atomic mass is 16.5. The smallest absolute Gasteiger partial charge is 0.193 e. The minimum atomic E-state index is 0.476. The summed E-state index contributed by atoms with van der Waals surface area (Å²) in [5.41, 5.74) is 0.476. The number of likely N-dealkylation sites (tertiary alicyclic amines) is 1. The summed E-state index contributed by atoms with van der Waals surface area (Å²) in [6.45, 7) is 12.7. The topological polar surface area (TPSA) is 40.1 Å². The van der Waals surface area contributed by atoms with Gasteiger partial charge in [0.05, 0.1) is 13.2 Å². The molecule has 1 unspecified atom stereocenters. The molecule has 0 aromatic heterocycles. The standard InChI is InChI=1S/C19H36N4O/c1-3-19(8-5-6-9-19)16-21-18(20-4-2)23-10-7-17(15-23)22-11-13-24-14-12-22/h17H,3-16H2,1-2H3,(H,20,21). The quantitative estimate of drug-likeness (QED) is 0.618. The Bertz CT molecular complexity index is 414. The van der Waals surface area contributed by atoms with Gasteiger partial charge in [0.1, 0.15) is 0 Å². The van der Waals surface area contributed by atoms with Crippen LogP contribution >= 0.6 is 0 Å². The molecule has 2 heterocycles. The first-order chi connectivity index (χ1) is 11.8. The molecule has 0 amide bonds. The van der Waals surface area contributed by atoms with Crippen molar-refractivity contribution in [2.45, 2.75) is 58.4 Å². The molecule has 1 aliphatic carbocycles. The molecule has 2 saturated heterocycles. The summed E-state index contributed by atoms with van der Waals surface area (Å²) in [4.78, 5) is 10.2. The maximum Gasteiger partial charge on any atom is 0.193 e. The maximum atomic E-state index is 5.50. The maximum absolute atomic E-state index is 5.50. The second kappa shape index (κ2) is 8.52. The molecular formula is C19H36N4O. The summed E-state index contributed by atoms with van der Waals surface area (Å²) < 4.78 is 5.50. The van der Waals surface area contributed by atoms with Crippen LogP contribution < -0.4 is 5.32 Å². The van der Waals surface area contributed by atoms with Gasteiger partial charge in [-0.3, -0.25) is 9.89 Å². The summed E-state index contributed by atoms with van der Waals surface area (Å²) in [7, 11) is 0. The number of morpholine rings is 1. The molecule has 0 bridgehead atoms. The number of nitrogens with zero attached hydrogens (tertiary/aromatic N) is 3. The van der Waals surface area contributed by atoms with Crippen LogP contribution in [0.4, 0.5) is 0 Å². The number of guanidine groups is 1. The SMILES string of the molecule is CCNC(=NCC1(CC)CCCC1)N1CCC(N2CCOCC2)C1. The molecule has 0 aromatic carbocycles. The zero-order chi connectivity index (χ0) is 16.8. The van der Waals surface area contributed by atoms with Gasteiger partial charge in [0.2, 0.25) is 0 Å². The van der Waals surface area contributed by atoms with Crippen LogP contribution in [0.2, 0.25) is 0 Å². The average molecular weight is 337 g/mol. The highest BCUT2D eigenvalue weighted by molar-refractivity contribution is 5.80. The average Bonchev–Trinajstić information content (AvgIpc) is 3.30. The fraction of sp³-hybridized carbons (Fsp3) is 0.947. The van der Waals surface area contributed by atoms with Gasteiger partial charge in [-0.25, -0.2) is 0 Å². The van der Waals surface area contributed by atoms with E-state index < -0.39 is 0 Å². The van der Waals surface area contributed by atoms with Crippen LogP contribution in [0.5, 0.6) is 0 Å². The van der Waals surface area contributed by atoms with Crippen molar-refractivity contribution < 1.29 is 4.74 Å². The Morgan fingerprint density at radius 2 is 1.92 bits per heavy atom. The van der Waals surface area contributed by atoms with Crippen LogP contribution in [-0.2, 0) is 4.74 Å². The van der Waals surface area contributed by atoms with Crippen LogP contribution in [0.25, 0.3) is 0 Å². The van der Waals surface area contributed by atoms with E-state index in [4.69, 9.17) is 9.73 Å².